The van der Waals surface area contributed by atoms with Gasteiger partial charge in [-0.2, -0.15) is 13.2 Å². The number of anilines is 1. The topological polar surface area (TPSA) is 64.0 Å². The SMILES string of the molecule is C=CC(=O)Nc1cnc2c(c1)c1ccccc1c(=O)n2-c1ccc(C(F)(F)F)cc1. The summed E-state index contributed by atoms with van der Waals surface area (Å²) in [5.41, 5.74) is -0.315. The third-order valence-electron chi connectivity index (χ3n) is 4.63. The van der Waals surface area contributed by atoms with E-state index in [4.69, 9.17) is 0 Å². The number of benzene rings is 2. The Morgan fingerprint density at radius 3 is 2.33 bits per heavy atom. The van der Waals surface area contributed by atoms with E-state index in [-0.39, 0.29) is 11.3 Å². The molecule has 30 heavy (non-hydrogen) atoms. The van der Waals surface area contributed by atoms with Crippen LogP contribution in [0.2, 0.25) is 0 Å². The van der Waals surface area contributed by atoms with E-state index < -0.39 is 23.2 Å². The first-order valence-corrected chi connectivity index (χ1v) is 8.84. The van der Waals surface area contributed by atoms with Crippen LogP contribution in [-0.2, 0) is 11.0 Å². The minimum atomic E-state index is -4.48. The van der Waals surface area contributed by atoms with Crippen molar-refractivity contribution in [3.63, 3.8) is 0 Å². The summed E-state index contributed by atoms with van der Waals surface area (Å²) in [6.45, 7) is 3.40. The molecule has 8 heteroatoms. The standard InChI is InChI=1S/C22H14F3N3O2/c1-2-19(29)27-14-11-18-16-5-3-4-6-17(16)21(30)28(20(18)26-12-14)15-9-7-13(8-10-15)22(23,24)25/h2-12H,1H2,(H,27,29). The molecule has 0 unspecified atom stereocenters. The summed E-state index contributed by atoms with van der Waals surface area (Å²) < 4.78 is 40.0. The number of carbonyl (C=O) groups is 1. The highest BCUT2D eigenvalue weighted by Crippen LogP contribution is 2.31. The van der Waals surface area contributed by atoms with E-state index in [0.717, 1.165) is 18.2 Å². The van der Waals surface area contributed by atoms with Gasteiger partial charge in [-0.05, 0) is 47.9 Å². The number of halogens is 3. The number of hydrogen-bond donors (Lipinski definition) is 1. The maximum atomic E-state index is 13.2. The smallest absolute Gasteiger partial charge is 0.321 e. The maximum Gasteiger partial charge on any atom is 0.416 e. The molecule has 0 saturated heterocycles. The molecule has 0 aliphatic carbocycles. The fourth-order valence-electron chi connectivity index (χ4n) is 3.26. The summed E-state index contributed by atoms with van der Waals surface area (Å²) in [7, 11) is 0. The second-order valence-electron chi connectivity index (χ2n) is 6.52. The highest BCUT2D eigenvalue weighted by Gasteiger charge is 2.30. The van der Waals surface area contributed by atoms with Gasteiger partial charge in [-0.3, -0.25) is 14.2 Å². The van der Waals surface area contributed by atoms with Crippen LogP contribution in [0.5, 0.6) is 0 Å². The number of carbonyl (C=O) groups excluding carboxylic acids is 1. The Morgan fingerprint density at radius 1 is 1.03 bits per heavy atom. The highest BCUT2D eigenvalue weighted by atomic mass is 19.4. The number of alkyl halides is 3. The number of hydrogen-bond acceptors (Lipinski definition) is 3. The Bertz CT molecular complexity index is 1360. The molecular formula is C22H14F3N3O2. The first-order valence-electron chi connectivity index (χ1n) is 8.84. The summed E-state index contributed by atoms with van der Waals surface area (Å²) >= 11 is 0. The van der Waals surface area contributed by atoms with Crippen molar-refractivity contribution < 1.29 is 18.0 Å². The lowest BCUT2D eigenvalue weighted by Gasteiger charge is -2.14. The first-order chi connectivity index (χ1) is 14.3. The quantitative estimate of drug-likeness (QED) is 0.395. The van der Waals surface area contributed by atoms with Crippen molar-refractivity contribution in [2.75, 3.05) is 5.32 Å². The lowest BCUT2D eigenvalue weighted by atomic mass is 10.1. The van der Waals surface area contributed by atoms with Gasteiger partial charge in [0.25, 0.3) is 5.56 Å². The van der Waals surface area contributed by atoms with E-state index >= 15 is 0 Å². The van der Waals surface area contributed by atoms with E-state index in [9.17, 15) is 22.8 Å². The van der Waals surface area contributed by atoms with Crippen molar-refractivity contribution in [3.8, 4) is 5.69 Å². The molecule has 0 fully saturated rings. The molecular weight excluding hydrogens is 395 g/mol. The second-order valence-corrected chi connectivity index (χ2v) is 6.52. The van der Waals surface area contributed by atoms with Crippen LogP contribution in [0, 0.1) is 0 Å². The molecule has 2 heterocycles. The van der Waals surface area contributed by atoms with Gasteiger partial charge in [-0.15, -0.1) is 0 Å². The maximum absolute atomic E-state index is 13.2. The van der Waals surface area contributed by atoms with Gasteiger partial charge in [0.05, 0.1) is 23.1 Å². The Morgan fingerprint density at radius 2 is 1.70 bits per heavy atom. The van der Waals surface area contributed by atoms with Crippen LogP contribution in [0.25, 0.3) is 27.5 Å². The molecule has 5 nitrogen and oxygen atoms in total. The van der Waals surface area contributed by atoms with Crippen molar-refractivity contribution in [2.45, 2.75) is 6.18 Å². The molecule has 4 aromatic rings. The van der Waals surface area contributed by atoms with Gasteiger partial charge < -0.3 is 5.32 Å². The van der Waals surface area contributed by atoms with Gasteiger partial charge in [0, 0.05) is 10.8 Å². The largest absolute Gasteiger partial charge is 0.416 e. The first kappa shape index (κ1) is 19.4. The zero-order chi connectivity index (χ0) is 21.5. The van der Waals surface area contributed by atoms with Gasteiger partial charge in [-0.25, -0.2) is 4.98 Å². The number of aromatic nitrogens is 2. The molecule has 0 aliphatic rings. The molecule has 0 saturated carbocycles. The van der Waals surface area contributed by atoms with Crippen LogP contribution < -0.4 is 10.9 Å². The number of amides is 1. The van der Waals surface area contributed by atoms with Crippen LogP contribution in [0.4, 0.5) is 18.9 Å². The summed E-state index contributed by atoms with van der Waals surface area (Å²) in [6, 6.07) is 12.8. The lowest BCUT2D eigenvalue weighted by Crippen LogP contribution is -2.20. The molecule has 0 radical (unpaired) electrons. The van der Waals surface area contributed by atoms with Crippen LogP contribution in [0.3, 0.4) is 0 Å². The zero-order valence-corrected chi connectivity index (χ0v) is 15.4. The Kier molecular flexibility index (Phi) is 4.62. The number of nitrogens with one attached hydrogen (secondary N) is 1. The molecule has 150 valence electrons. The third-order valence-corrected chi connectivity index (χ3v) is 4.63. The molecule has 1 amide bonds. The Balaban J connectivity index is 2.01. The average Bonchev–Trinajstić information content (AvgIpc) is 2.74. The Labute approximate surface area is 168 Å². The van der Waals surface area contributed by atoms with Gasteiger partial charge in [0.15, 0.2) is 0 Å². The Hall–Kier alpha value is -3.94. The molecule has 4 rings (SSSR count). The van der Waals surface area contributed by atoms with E-state index in [0.29, 0.717) is 21.8 Å². The minimum Gasteiger partial charge on any atom is -0.321 e. The van der Waals surface area contributed by atoms with Gasteiger partial charge in [0.1, 0.15) is 5.65 Å². The van der Waals surface area contributed by atoms with E-state index in [1.165, 1.54) is 22.9 Å². The average molecular weight is 409 g/mol. The summed E-state index contributed by atoms with van der Waals surface area (Å²) in [5, 5.41) is 4.16. The summed E-state index contributed by atoms with van der Waals surface area (Å²) in [5.74, 6) is -0.420. The van der Waals surface area contributed by atoms with Gasteiger partial charge in [-0.1, -0.05) is 24.8 Å². The van der Waals surface area contributed by atoms with Crippen LogP contribution in [0.1, 0.15) is 5.56 Å². The van der Waals surface area contributed by atoms with Crippen LogP contribution in [0.15, 0.2) is 78.2 Å². The second kappa shape index (κ2) is 7.14. The lowest BCUT2D eigenvalue weighted by molar-refractivity contribution is -0.137. The van der Waals surface area contributed by atoms with E-state index in [1.54, 1.807) is 30.3 Å². The normalized spacial score (nSPS) is 11.6. The highest BCUT2D eigenvalue weighted by molar-refractivity contribution is 6.07. The molecule has 0 atom stereocenters. The van der Waals surface area contributed by atoms with E-state index in [2.05, 4.69) is 16.9 Å². The molecule has 2 aromatic carbocycles. The van der Waals surface area contributed by atoms with Crippen molar-refractivity contribution >= 4 is 33.4 Å². The zero-order valence-electron chi connectivity index (χ0n) is 15.4. The van der Waals surface area contributed by atoms with Crippen molar-refractivity contribution in [1.82, 2.24) is 9.55 Å². The summed E-state index contributed by atoms with van der Waals surface area (Å²) in [6.07, 6.45) is -1.99. The van der Waals surface area contributed by atoms with E-state index in [1.807, 2.05) is 0 Å². The van der Waals surface area contributed by atoms with Crippen molar-refractivity contribution in [2.24, 2.45) is 0 Å². The molecule has 1 N–H and O–H groups in total. The predicted molar refractivity (Wildman–Crippen MR) is 109 cm³/mol. The fourth-order valence-corrected chi connectivity index (χ4v) is 3.26. The van der Waals surface area contributed by atoms with Crippen LogP contribution in [-0.4, -0.2) is 15.5 Å². The van der Waals surface area contributed by atoms with Gasteiger partial charge in [0.2, 0.25) is 5.91 Å². The molecule has 2 aromatic heterocycles. The monoisotopic (exact) mass is 409 g/mol. The molecule has 0 bridgehead atoms. The van der Waals surface area contributed by atoms with Crippen LogP contribution >= 0.6 is 0 Å². The van der Waals surface area contributed by atoms with Crippen molar-refractivity contribution in [1.29, 1.82) is 0 Å². The number of rotatable bonds is 3. The van der Waals surface area contributed by atoms with Gasteiger partial charge >= 0.3 is 6.18 Å². The minimum absolute atomic E-state index is 0.249. The third kappa shape index (κ3) is 3.32. The molecule has 0 spiro atoms. The molecule has 0 aliphatic heterocycles. The summed E-state index contributed by atoms with van der Waals surface area (Å²) in [4.78, 5) is 29.1. The number of fused-ring (bicyclic) bond motifs is 3. The number of nitrogens with zero attached hydrogens (tertiary/aromatic N) is 2. The number of pyridine rings is 2. The fraction of sp³-hybridized carbons (Fsp3) is 0.0455. The van der Waals surface area contributed by atoms with Crippen molar-refractivity contribution in [3.05, 3.63) is 89.4 Å². The predicted octanol–water partition coefficient (Wildman–Crippen LogP) is 4.68.